The number of hydrogen-bond acceptors (Lipinski definition) is 2. The number of aliphatic hydroxyl groups is 1. The van der Waals surface area contributed by atoms with Gasteiger partial charge in [0.15, 0.2) is 0 Å². The third-order valence-electron chi connectivity index (χ3n) is 2.15. The molecular weight excluding hydrogens is 194 g/mol. The van der Waals surface area contributed by atoms with Crippen molar-refractivity contribution in [2.45, 2.75) is 25.4 Å². The summed E-state index contributed by atoms with van der Waals surface area (Å²) in [6.45, 7) is 0.931. The normalized spacial score (nSPS) is 18.7. The molecule has 1 unspecified atom stereocenters. The molecular formula is C8H14F2N2O2. The quantitative estimate of drug-likeness (QED) is 0.706. The number of hydrogen-bond donors (Lipinski definition) is 2. The van der Waals surface area contributed by atoms with Crippen molar-refractivity contribution in [2.75, 3.05) is 19.6 Å². The Hall–Kier alpha value is -0.910. The molecule has 1 fully saturated rings. The summed E-state index contributed by atoms with van der Waals surface area (Å²) in [7, 11) is 0. The number of rotatable bonds is 3. The highest BCUT2D eigenvalue weighted by Crippen LogP contribution is 2.07. The average molecular weight is 208 g/mol. The highest BCUT2D eigenvalue weighted by atomic mass is 19.3. The molecule has 0 aromatic heterocycles. The summed E-state index contributed by atoms with van der Waals surface area (Å²) in [5, 5.41) is 11.0. The van der Waals surface area contributed by atoms with Crippen molar-refractivity contribution in [3.8, 4) is 0 Å². The van der Waals surface area contributed by atoms with Gasteiger partial charge in [0, 0.05) is 13.1 Å². The Balaban J connectivity index is 2.20. The van der Waals surface area contributed by atoms with Gasteiger partial charge in [-0.05, 0) is 12.8 Å². The lowest BCUT2D eigenvalue weighted by Gasteiger charge is -2.17. The maximum Gasteiger partial charge on any atom is 0.317 e. The summed E-state index contributed by atoms with van der Waals surface area (Å²) >= 11 is 0. The monoisotopic (exact) mass is 208 g/mol. The molecule has 1 heterocycles. The van der Waals surface area contributed by atoms with Crippen molar-refractivity contribution in [3.05, 3.63) is 0 Å². The van der Waals surface area contributed by atoms with E-state index in [1.807, 2.05) is 0 Å². The van der Waals surface area contributed by atoms with Crippen LogP contribution in [0.3, 0.4) is 0 Å². The number of aliphatic hydroxyl groups excluding tert-OH is 1. The van der Waals surface area contributed by atoms with E-state index in [0.29, 0.717) is 13.1 Å². The molecule has 0 aliphatic carbocycles. The number of carbonyl (C=O) groups is 1. The zero-order chi connectivity index (χ0) is 10.6. The van der Waals surface area contributed by atoms with E-state index in [0.717, 1.165) is 12.8 Å². The van der Waals surface area contributed by atoms with Crippen molar-refractivity contribution in [2.24, 2.45) is 0 Å². The van der Waals surface area contributed by atoms with Crippen LogP contribution in [-0.4, -0.2) is 48.2 Å². The molecule has 82 valence electrons. The first-order valence-electron chi connectivity index (χ1n) is 4.60. The summed E-state index contributed by atoms with van der Waals surface area (Å²) in [5.74, 6) is 0. The number of halogens is 2. The van der Waals surface area contributed by atoms with Crippen molar-refractivity contribution in [3.63, 3.8) is 0 Å². The van der Waals surface area contributed by atoms with Gasteiger partial charge in [0.05, 0.1) is 6.54 Å². The zero-order valence-corrected chi connectivity index (χ0v) is 7.75. The number of carbonyl (C=O) groups excluding carboxylic acids is 1. The predicted octanol–water partition coefficient (Wildman–Crippen LogP) is 0.418. The fourth-order valence-corrected chi connectivity index (χ4v) is 1.31. The van der Waals surface area contributed by atoms with E-state index in [-0.39, 0.29) is 6.03 Å². The van der Waals surface area contributed by atoms with Gasteiger partial charge in [-0.1, -0.05) is 0 Å². The molecule has 4 nitrogen and oxygen atoms in total. The van der Waals surface area contributed by atoms with E-state index in [1.165, 1.54) is 0 Å². The van der Waals surface area contributed by atoms with E-state index >= 15 is 0 Å². The topological polar surface area (TPSA) is 52.6 Å². The van der Waals surface area contributed by atoms with Gasteiger partial charge in [-0.3, -0.25) is 0 Å². The van der Waals surface area contributed by atoms with E-state index in [1.54, 1.807) is 4.90 Å². The molecule has 2 N–H and O–H groups in total. The Kier molecular flexibility index (Phi) is 4.06. The lowest BCUT2D eigenvalue weighted by atomic mass is 10.4. The molecule has 1 atom stereocenters. The summed E-state index contributed by atoms with van der Waals surface area (Å²) in [5.41, 5.74) is 0. The standard InChI is InChI=1S/C8H14F2N2O2/c9-7(10)6(13)5-11-8(14)12-3-1-2-4-12/h6-7,13H,1-5H2,(H,11,14). The Morgan fingerprint density at radius 2 is 2.00 bits per heavy atom. The molecule has 1 aliphatic rings. The van der Waals surface area contributed by atoms with Crippen LogP contribution in [0.15, 0.2) is 0 Å². The molecule has 2 amide bonds. The molecule has 0 bridgehead atoms. The number of urea groups is 1. The number of nitrogens with one attached hydrogen (secondary N) is 1. The first-order valence-corrected chi connectivity index (χ1v) is 4.60. The molecule has 0 aromatic rings. The van der Waals surface area contributed by atoms with Crippen molar-refractivity contribution < 1.29 is 18.7 Å². The van der Waals surface area contributed by atoms with Gasteiger partial charge in [-0.25, -0.2) is 13.6 Å². The third kappa shape index (κ3) is 3.10. The lowest BCUT2D eigenvalue weighted by molar-refractivity contribution is -0.00221. The minimum atomic E-state index is -2.81. The third-order valence-corrected chi connectivity index (χ3v) is 2.15. The summed E-state index contributed by atoms with van der Waals surface area (Å²) < 4.78 is 23.7. The predicted molar refractivity (Wildman–Crippen MR) is 46.2 cm³/mol. The van der Waals surface area contributed by atoms with Gasteiger partial charge in [-0.2, -0.15) is 0 Å². The molecule has 1 saturated heterocycles. The van der Waals surface area contributed by atoms with Crippen LogP contribution >= 0.6 is 0 Å². The molecule has 0 spiro atoms. The molecule has 0 radical (unpaired) electrons. The Labute approximate surface area is 80.9 Å². The first-order chi connectivity index (χ1) is 6.61. The smallest absolute Gasteiger partial charge is 0.317 e. The van der Waals surface area contributed by atoms with Crippen LogP contribution in [-0.2, 0) is 0 Å². The van der Waals surface area contributed by atoms with E-state index < -0.39 is 19.1 Å². The molecule has 6 heteroatoms. The minimum absolute atomic E-state index is 0.373. The second-order valence-corrected chi connectivity index (χ2v) is 3.28. The van der Waals surface area contributed by atoms with Gasteiger partial charge in [0.2, 0.25) is 0 Å². The van der Waals surface area contributed by atoms with Crippen LogP contribution in [0, 0.1) is 0 Å². The van der Waals surface area contributed by atoms with Crippen LogP contribution < -0.4 is 5.32 Å². The number of alkyl halides is 2. The Morgan fingerprint density at radius 1 is 1.43 bits per heavy atom. The maximum atomic E-state index is 11.8. The molecule has 0 aromatic carbocycles. The molecule has 1 aliphatic heterocycles. The average Bonchev–Trinajstić information content (AvgIpc) is 2.66. The highest BCUT2D eigenvalue weighted by molar-refractivity contribution is 5.74. The van der Waals surface area contributed by atoms with E-state index in [2.05, 4.69) is 5.32 Å². The second kappa shape index (κ2) is 5.09. The fraction of sp³-hybridized carbons (Fsp3) is 0.875. The maximum absolute atomic E-state index is 11.8. The number of amides is 2. The van der Waals surface area contributed by atoms with Crippen LogP contribution in [0.5, 0.6) is 0 Å². The van der Waals surface area contributed by atoms with Crippen LogP contribution in [0.25, 0.3) is 0 Å². The van der Waals surface area contributed by atoms with Crippen molar-refractivity contribution in [1.29, 1.82) is 0 Å². The van der Waals surface area contributed by atoms with Gasteiger partial charge in [-0.15, -0.1) is 0 Å². The Morgan fingerprint density at radius 3 is 2.50 bits per heavy atom. The minimum Gasteiger partial charge on any atom is -0.385 e. The molecule has 14 heavy (non-hydrogen) atoms. The number of likely N-dealkylation sites (tertiary alicyclic amines) is 1. The van der Waals surface area contributed by atoms with Crippen LogP contribution in [0.1, 0.15) is 12.8 Å². The van der Waals surface area contributed by atoms with Crippen molar-refractivity contribution >= 4 is 6.03 Å². The Bertz CT molecular complexity index is 196. The van der Waals surface area contributed by atoms with Crippen LogP contribution in [0.2, 0.25) is 0 Å². The lowest BCUT2D eigenvalue weighted by Crippen LogP contribution is -2.43. The zero-order valence-electron chi connectivity index (χ0n) is 7.75. The SMILES string of the molecule is O=C(NCC(O)C(F)F)N1CCCC1. The van der Waals surface area contributed by atoms with E-state index in [4.69, 9.17) is 5.11 Å². The van der Waals surface area contributed by atoms with Crippen LogP contribution in [0.4, 0.5) is 13.6 Å². The molecule has 0 saturated carbocycles. The highest BCUT2D eigenvalue weighted by Gasteiger charge is 2.21. The second-order valence-electron chi connectivity index (χ2n) is 3.28. The molecule has 1 rings (SSSR count). The van der Waals surface area contributed by atoms with Crippen molar-refractivity contribution in [1.82, 2.24) is 10.2 Å². The summed E-state index contributed by atoms with van der Waals surface area (Å²) in [4.78, 5) is 12.8. The van der Waals surface area contributed by atoms with Gasteiger partial charge in [0.25, 0.3) is 6.43 Å². The van der Waals surface area contributed by atoms with Gasteiger partial charge < -0.3 is 15.3 Å². The summed E-state index contributed by atoms with van der Waals surface area (Å²) in [6.07, 6.45) is -2.69. The van der Waals surface area contributed by atoms with Gasteiger partial charge >= 0.3 is 6.03 Å². The first kappa shape index (κ1) is 11.2. The number of nitrogens with zero attached hydrogens (tertiary/aromatic N) is 1. The largest absolute Gasteiger partial charge is 0.385 e. The summed E-state index contributed by atoms with van der Waals surface area (Å²) in [6, 6.07) is -0.373. The fourth-order valence-electron chi connectivity index (χ4n) is 1.31. The van der Waals surface area contributed by atoms with E-state index in [9.17, 15) is 13.6 Å². The van der Waals surface area contributed by atoms with Gasteiger partial charge in [0.1, 0.15) is 6.10 Å².